The number of para-hydroxylation sites is 2. The Hall–Kier alpha value is -8.31. The molecule has 0 atom stereocenters. The van der Waals surface area contributed by atoms with Gasteiger partial charge < -0.3 is 9.13 Å². The molecular weight excluding hydrogens is 907 g/mol. The van der Waals surface area contributed by atoms with E-state index in [0.717, 1.165) is 82.8 Å². The van der Waals surface area contributed by atoms with E-state index in [9.17, 15) is 0 Å². The SMILES string of the molecule is [B]c1c([B])c([B])c(-c2ccc3c(c2)c2ccccc2n3-c2ccc3c(c2)c2ccccc2n3-c2c(-c3ccccc3)cc(S(c3ccccc3)(c3ccccc3)c3ccccc3)cc2-c2ccccc2)c([B])c1[B]. The maximum absolute atomic E-state index is 6.62. The lowest BCUT2D eigenvalue weighted by Crippen LogP contribution is -2.55. The highest BCUT2D eigenvalue weighted by Gasteiger charge is 2.35. The van der Waals surface area contributed by atoms with Gasteiger partial charge in [0, 0.05) is 57.9 Å². The van der Waals surface area contributed by atoms with Crippen LogP contribution in [0.1, 0.15) is 0 Å². The molecule has 8 heteroatoms. The molecular formula is C66H41B5N2S. The molecule has 0 fully saturated rings. The monoisotopic (exact) mass is 948 g/mol. The van der Waals surface area contributed by atoms with Crippen molar-refractivity contribution in [2.45, 2.75) is 19.6 Å². The number of hydrogen-bond acceptors (Lipinski definition) is 0. The minimum absolute atomic E-state index is 0.194. The van der Waals surface area contributed by atoms with E-state index >= 15 is 0 Å². The summed E-state index contributed by atoms with van der Waals surface area (Å²) in [6, 6.07) is 90.6. The van der Waals surface area contributed by atoms with Gasteiger partial charge >= 0.3 is 0 Å². The van der Waals surface area contributed by atoms with Gasteiger partial charge in [-0.3, -0.25) is 0 Å². The molecule has 0 aliphatic heterocycles. The second-order valence-corrected chi connectivity index (χ2v) is 21.8. The Balaban J connectivity index is 1.10. The Labute approximate surface area is 439 Å². The lowest BCUT2D eigenvalue weighted by atomic mass is 9.59. The summed E-state index contributed by atoms with van der Waals surface area (Å²) in [4.78, 5) is 5.04. The van der Waals surface area contributed by atoms with E-state index in [1.54, 1.807) is 0 Å². The van der Waals surface area contributed by atoms with Crippen molar-refractivity contribution in [3.8, 4) is 44.8 Å². The van der Waals surface area contributed by atoms with Crippen molar-refractivity contribution in [2.24, 2.45) is 0 Å². The molecule has 0 aliphatic rings. The van der Waals surface area contributed by atoms with E-state index in [0.29, 0.717) is 16.5 Å². The summed E-state index contributed by atoms with van der Waals surface area (Å²) in [6.07, 6.45) is 0. The molecule has 11 aromatic carbocycles. The lowest BCUT2D eigenvalue weighted by Gasteiger charge is -2.42. The van der Waals surface area contributed by atoms with Crippen molar-refractivity contribution in [3.63, 3.8) is 0 Å². The fourth-order valence-electron chi connectivity index (χ4n) is 11.3. The zero-order chi connectivity index (χ0) is 50.1. The van der Waals surface area contributed by atoms with Crippen LogP contribution in [-0.4, -0.2) is 48.4 Å². The van der Waals surface area contributed by atoms with Gasteiger partial charge in [-0.15, -0.1) is 26.4 Å². The highest BCUT2D eigenvalue weighted by molar-refractivity contribution is 8.34. The van der Waals surface area contributed by atoms with Gasteiger partial charge in [-0.1, -0.05) is 169 Å². The molecule has 0 spiro atoms. The predicted octanol–water partition coefficient (Wildman–Crippen LogP) is 12.2. The first-order valence-electron chi connectivity index (χ1n) is 24.7. The summed E-state index contributed by atoms with van der Waals surface area (Å²) >= 11 is 0. The Morgan fingerprint density at radius 2 is 0.649 bits per heavy atom. The van der Waals surface area contributed by atoms with Crippen LogP contribution in [0.2, 0.25) is 0 Å². The first-order valence-corrected chi connectivity index (χ1v) is 26.3. The van der Waals surface area contributed by atoms with Gasteiger partial charge in [0.25, 0.3) is 0 Å². The summed E-state index contributed by atoms with van der Waals surface area (Å²) < 4.78 is 4.85. The third-order valence-electron chi connectivity index (χ3n) is 14.7. The molecule has 336 valence electrons. The van der Waals surface area contributed by atoms with Crippen LogP contribution in [0.3, 0.4) is 0 Å². The maximum atomic E-state index is 6.62. The average Bonchev–Trinajstić information content (AvgIpc) is 3.98. The van der Waals surface area contributed by atoms with Gasteiger partial charge in [0.05, 0.1) is 27.8 Å². The van der Waals surface area contributed by atoms with Crippen LogP contribution in [0, 0.1) is 0 Å². The molecule has 0 N–H and O–H groups in total. The van der Waals surface area contributed by atoms with Crippen LogP contribution in [0.25, 0.3) is 88.4 Å². The fourth-order valence-corrected chi connectivity index (χ4v) is 15.2. The van der Waals surface area contributed by atoms with Crippen LogP contribution in [0.4, 0.5) is 0 Å². The Morgan fingerprint density at radius 1 is 0.270 bits per heavy atom. The molecule has 10 radical (unpaired) electrons. The summed E-state index contributed by atoms with van der Waals surface area (Å²) in [5, 5.41) is 4.40. The van der Waals surface area contributed by atoms with E-state index in [4.69, 9.17) is 39.2 Å². The molecule has 2 aromatic heterocycles. The zero-order valence-corrected chi connectivity index (χ0v) is 41.2. The highest BCUT2D eigenvalue weighted by Crippen LogP contribution is 2.74. The summed E-state index contributed by atoms with van der Waals surface area (Å²) in [5.41, 5.74) is 13.6. The smallest absolute Gasteiger partial charge is 0.113 e. The van der Waals surface area contributed by atoms with Crippen LogP contribution in [0.15, 0.2) is 268 Å². The molecule has 74 heavy (non-hydrogen) atoms. The van der Waals surface area contributed by atoms with E-state index in [1.807, 2.05) is 6.07 Å². The van der Waals surface area contributed by atoms with Crippen molar-refractivity contribution >= 4 is 120 Å². The number of hydrogen-bond donors (Lipinski definition) is 0. The highest BCUT2D eigenvalue weighted by atomic mass is 32.3. The molecule has 0 saturated carbocycles. The van der Waals surface area contributed by atoms with Crippen LogP contribution in [0.5, 0.6) is 0 Å². The van der Waals surface area contributed by atoms with Gasteiger partial charge in [-0.05, 0) is 113 Å². The third-order valence-corrected chi connectivity index (χ3v) is 18.6. The third kappa shape index (κ3) is 7.11. The van der Waals surface area contributed by atoms with Gasteiger partial charge in [0.1, 0.15) is 39.2 Å². The minimum atomic E-state index is -2.08. The van der Waals surface area contributed by atoms with Gasteiger partial charge in [0.15, 0.2) is 0 Å². The second kappa shape index (κ2) is 18.3. The summed E-state index contributed by atoms with van der Waals surface area (Å²) in [6.45, 7) is 0. The van der Waals surface area contributed by atoms with Crippen molar-refractivity contribution in [2.75, 3.05) is 0 Å². The molecule has 0 bridgehead atoms. The largest absolute Gasteiger partial charge is 0.309 e. The number of nitrogens with zero attached hydrogens (tertiary/aromatic N) is 2. The molecule has 0 aliphatic carbocycles. The van der Waals surface area contributed by atoms with E-state index in [-0.39, 0.29) is 16.4 Å². The quantitative estimate of drug-likeness (QED) is 0.128. The maximum Gasteiger partial charge on any atom is 0.113 e. The summed E-state index contributed by atoms with van der Waals surface area (Å²) in [7, 11) is 30.1. The van der Waals surface area contributed by atoms with Gasteiger partial charge in [-0.2, -0.15) is 0 Å². The zero-order valence-electron chi connectivity index (χ0n) is 40.4. The molecule has 0 amide bonds. The second-order valence-electron chi connectivity index (χ2n) is 18.7. The standard InChI is InChI=1S/C66H41B5N2S/c67-61-60(62(68)64(70)65(71)63(61)69)44-34-36-58-54(38-44)50-30-16-18-32-56(50)72(58)45-35-37-59-55(39-45)51-31-17-19-33-57(51)73(59)66-52(42-20-6-1-7-21-42)40-49(41-53(66)43-22-8-2-9-23-43)74(46-24-10-3-11-25-46,47-26-12-4-13-27-47)48-28-14-5-15-29-48/h1-41H. The normalized spacial score (nSPS) is 12.0. The summed E-state index contributed by atoms with van der Waals surface area (Å²) in [5.74, 6) is 0. The lowest BCUT2D eigenvalue weighted by molar-refractivity contribution is 1.16. The molecule has 13 rings (SSSR count). The van der Waals surface area contributed by atoms with Crippen molar-refractivity contribution in [3.05, 3.63) is 249 Å². The van der Waals surface area contributed by atoms with Crippen molar-refractivity contribution in [1.29, 1.82) is 0 Å². The number of benzene rings is 11. The van der Waals surface area contributed by atoms with Crippen LogP contribution in [-0.2, 0) is 0 Å². The molecule has 0 unspecified atom stereocenters. The van der Waals surface area contributed by atoms with E-state index in [2.05, 4.69) is 252 Å². The van der Waals surface area contributed by atoms with Crippen molar-refractivity contribution in [1.82, 2.24) is 9.13 Å². The molecule has 2 nitrogen and oxygen atoms in total. The fraction of sp³-hybridized carbons (Fsp3) is 0. The number of aromatic nitrogens is 2. The van der Waals surface area contributed by atoms with Gasteiger partial charge in [-0.25, -0.2) is 0 Å². The first kappa shape index (κ1) is 45.5. The predicted molar refractivity (Wildman–Crippen MR) is 318 cm³/mol. The topological polar surface area (TPSA) is 9.86 Å². The first-order chi connectivity index (χ1) is 36.3. The van der Waals surface area contributed by atoms with Crippen molar-refractivity contribution < 1.29 is 0 Å². The minimum Gasteiger partial charge on any atom is -0.309 e. The number of fused-ring (bicyclic) bond motifs is 6. The Kier molecular flexibility index (Phi) is 11.3. The van der Waals surface area contributed by atoms with E-state index < -0.39 is 10.0 Å². The van der Waals surface area contributed by atoms with Gasteiger partial charge in [0.2, 0.25) is 0 Å². The Bertz CT molecular complexity index is 4100. The average molecular weight is 948 g/mol. The molecule has 13 aromatic rings. The number of rotatable bonds is 9. The Morgan fingerprint density at radius 3 is 1.15 bits per heavy atom. The van der Waals surface area contributed by atoms with Crippen LogP contribution >= 0.6 is 10.0 Å². The van der Waals surface area contributed by atoms with Crippen LogP contribution < -0.4 is 27.3 Å². The van der Waals surface area contributed by atoms with E-state index in [1.165, 1.54) is 19.6 Å². The molecule has 0 saturated heterocycles. The molecule has 2 heterocycles.